The van der Waals surface area contributed by atoms with Crippen molar-refractivity contribution in [2.45, 2.75) is 52.6 Å². The summed E-state index contributed by atoms with van der Waals surface area (Å²) in [6.45, 7) is 6.56. The van der Waals surface area contributed by atoms with Crippen molar-refractivity contribution in [3.8, 4) is 0 Å². The monoisotopic (exact) mass is 581 g/mol. The molecule has 0 spiro atoms. The van der Waals surface area contributed by atoms with Crippen LogP contribution in [0.4, 0.5) is 10.1 Å². The van der Waals surface area contributed by atoms with Crippen LogP contribution in [-0.4, -0.2) is 50.5 Å². The topological polar surface area (TPSA) is 86.8 Å². The van der Waals surface area contributed by atoms with E-state index in [2.05, 4.69) is 5.32 Å². The fourth-order valence-electron chi connectivity index (χ4n) is 4.55. The van der Waals surface area contributed by atoms with E-state index >= 15 is 0 Å². The van der Waals surface area contributed by atoms with Crippen LogP contribution in [0.25, 0.3) is 0 Å². The van der Waals surface area contributed by atoms with Gasteiger partial charge in [-0.3, -0.25) is 13.9 Å². The number of amides is 2. The Labute approximate surface area is 243 Å². The van der Waals surface area contributed by atoms with Crippen LogP contribution in [0.2, 0.25) is 0 Å². The highest BCUT2D eigenvalue weighted by Crippen LogP contribution is 2.21. The van der Waals surface area contributed by atoms with Crippen LogP contribution in [0, 0.1) is 18.7 Å². The lowest BCUT2D eigenvalue weighted by Crippen LogP contribution is -2.51. The van der Waals surface area contributed by atoms with Gasteiger partial charge >= 0.3 is 0 Å². The Kier molecular flexibility index (Phi) is 11.5. The maximum atomic E-state index is 13.8. The van der Waals surface area contributed by atoms with Crippen molar-refractivity contribution in [1.82, 2.24) is 10.2 Å². The SMILES string of the molecule is Cc1cccc(N(CCCC(=O)N(Cc2ccc(F)cc2)[C@H](Cc2ccccc2)C(=O)NCC(C)C)S(C)(=O)=O)c1. The molecule has 3 aromatic rings. The van der Waals surface area contributed by atoms with Gasteiger partial charge in [0.2, 0.25) is 21.8 Å². The van der Waals surface area contributed by atoms with Gasteiger partial charge in [0.05, 0.1) is 11.9 Å². The van der Waals surface area contributed by atoms with E-state index in [9.17, 15) is 22.4 Å². The molecule has 0 aromatic heterocycles. The molecule has 9 heteroatoms. The molecule has 0 radical (unpaired) electrons. The molecule has 0 saturated carbocycles. The molecule has 0 aliphatic rings. The number of nitrogens with zero attached hydrogens (tertiary/aromatic N) is 2. The van der Waals surface area contributed by atoms with Gasteiger partial charge in [0.25, 0.3) is 0 Å². The third-order valence-electron chi connectivity index (χ3n) is 6.66. The number of hydrogen-bond donors (Lipinski definition) is 1. The number of halogens is 1. The first-order chi connectivity index (χ1) is 19.4. The summed E-state index contributed by atoms with van der Waals surface area (Å²) in [7, 11) is -3.58. The van der Waals surface area contributed by atoms with Crippen LogP contribution in [0.15, 0.2) is 78.9 Å². The van der Waals surface area contributed by atoms with Crippen LogP contribution in [0.5, 0.6) is 0 Å². The molecule has 0 fully saturated rings. The zero-order chi connectivity index (χ0) is 30.0. The molecule has 3 rings (SSSR count). The molecule has 41 heavy (non-hydrogen) atoms. The number of nitrogens with one attached hydrogen (secondary N) is 1. The van der Waals surface area contributed by atoms with E-state index in [-0.39, 0.29) is 49.5 Å². The van der Waals surface area contributed by atoms with Crippen molar-refractivity contribution in [1.29, 1.82) is 0 Å². The normalized spacial score (nSPS) is 12.1. The van der Waals surface area contributed by atoms with Crippen LogP contribution >= 0.6 is 0 Å². The summed E-state index contributed by atoms with van der Waals surface area (Å²) in [6.07, 6.45) is 1.73. The lowest BCUT2D eigenvalue weighted by Gasteiger charge is -2.32. The van der Waals surface area contributed by atoms with Gasteiger partial charge in [-0.2, -0.15) is 0 Å². The molecule has 0 aliphatic carbocycles. The van der Waals surface area contributed by atoms with E-state index in [1.807, 2.05) is 57.2 Å². The minimum atomic E-state index is -3.58. The summed E-state index contributed by atoms with van der Waals surface area (Å²) in [5, 5.41) is 2.97. The van der Waals surface area contributed by atoms with Gasteiger partial charge in [-0.05, 0) is 60.2 Å². The molecular weight excluding hydrogens is 541 g/mol. The average Bonchev–Trinajstić information content (AvgIpc) is 2.92. The predicted molar refractivity (Wildman–Crippen MR) is 161 cm³/mol. The van der Waals surface area contributed by atoms with Crippen LogP contribution in [0.1, 0.15) is 43.4 Å². The van der Waals surface area contributed by atoms with Gasteiger partial charge in [0.1, 0.15) is 11.9 Å². The zero-order valence-corrected chi connectivity index (χ0v) is 25.0. The number of rotatable bonds is 14. The van der Waals surface area contributed by atoms with E-state index in [1.54, 1.807) is 30.3 Å². The number of hydrogen-bond acceptors (Lipinski definition) is 4. The molecule has 1 atom stereocenters. The summed E-state index contributed by atoms with van der Waals surface area (Å²) in [5.41, 5.74) is 3.05. The molecule has 7 nitrogen and oxygen atoms in total. The van der Waals surface area contributed by atoms with Crippen molar-refractivity contribution in [2.75, 3.05) is 23.7 Å². The van der Waals surface area contributed by atoms with Gasteiger partial charge in [0, 0.05) is 32.5 Å². The second kappa shape index (κ2) is 14.8. The molecule has 2 amide bonds. The second-order valence-electron chi connectivity index (χ2n) is 10.8. The maximum absolute atomic E-state index is 13.8. The van der Waals surface area contributed by atoms with E-state index < -0.39 is 16.1 Å². The Morgan fingerprint density at radius 2 is 1.61 bits per heavy atom. The van der Waals surface area contributed by atoms with E-state index in [0.717, 1.165) is 17.4 Å². The molecular formula is C32H40FN3O4S. The van der Waals surface area contributed by atoms with Gasteiger partial charge in [0.15, 0.2) is 0 Å². The largest absolute Gasteiger partial charge is 0.354 e. The number of carbonyl (C=O) groups excluding carboxylic acids is 2. The third kappa shape index (κ3) is 10.0. The quantitative estimate of drug-likeness (QED) is 0.287. The molecule has 0 heterocycles. The molecule has 0 unspecified atom stereocenters. The Morgan fingerprint density at radius 3 is 2.22 bits per heavy atom. The van der Waals surface area contributed by atoms with E-state index in [0.29, 0.717) is 24.2 Å². The molecule has 3 aromatic carbocycles. The highest BCUT2D eigenvalue weighted by atomic mass is 32.2. The first-order valence-corrected chi connectivity index (χ1v) is 15.7. The highest BCUT2D eigenvalue weighted by Gasteiger charge is 2.30. The summed E-state index contributed by atoms with van der Waals surface area (Å²) >= 11 is 0. The van der Waals surface area contributed by atoms with Crippen LogP contribution in [-0.2, 0) is 32.6 Å². The summed E-state index contributed by atoms with van der Waals surface area (Å²) in [6, 6.07) is 21.7. The summed E-state index contributed by atoms with van der Waals surface area (Å²) in [4.78, 5) is 28.9. The molecule has 220 valence electrons. The molecule has 1 N–H and O–H groups in total. The fourth-order valence-corrected chi connectivity index (χ4v) is 5.51. The molecule has 0 saturated heterocycles. The first-order valence-electron chi connectivity index (χ1n) is 13.8. The predicted octanol–water partition coefficient (Wildman–Crippen LogP) is 5.09. The highest BCUT2D eigenvalue weighted by molar-refractivity contribution is 7.92. The van der Waals surface area contributed by atoms with Crippen LogP contribution in [0.3, 0.4) is 0 Å². The smallest absolute Gasteiger partial charge is 0.243 e. The Morgan fingerprint density at radius 1 is 0.927 bits per heavy atom. The second-order valence-corrected chi connectivity index (χ2v) is 12.7. The van der Waals surface area contributed by atoms with Crippen molar-refractivity contribution in [3.63, 3.8) is 0 Å². The van der Waals surface area contributed by atoms with Crippen molar-refractivity contribution < 1.29 is 22.4 Å². The number of carbonyl (C=O) groups is 2. The van der Waals surface area contributed by atoms with Crippen LogP contribution < -0.4 is 9.62 Å². The Bertz CT molecular complexity index is 1400. The number of anilines is 1. The Hall–Kier alpha value is -3.72. The van der Waals surface area contributed by atoms with E-state index in [4.69, 9.17) is 0 Å². The lowest BCUT2D eigenvalue weighted by atomic mass is 10.0. The Balaban J connectivity index is 1.87. The van der Waals surface area contributed by atoms with E-state index in [1.165, 1.54) is 21.3 Å². The van der Waals surface area contributed by atoms with Gasteiger partial charge in [-0.15, -0.1) is 0 Å². The molecule has 0 bridgehead atoms. The zero-order valence-electron chi connectivity index (χ0n) is 24.2. The summed E-state index contributed by atoms with van der Waals surface area (Å²) in [5.74, 6) is -0.719. The number of benzene rings is 3. The maximum Gasteiger partial charge on any atom is 0.243 e. The number of aryl methyl sites for hydroxylation is 1. The minimum absolute atomic E-state index is 0.0295. The standard InChI is InChI=1S/C32H40FN3O4S/c1-24(2)22-34-32(38)30(21-26-11-6-5-7-12-26)35(23-27-15-17-28(33)18-16-27)31(37)14-9-19-36(41(4,39)40)29-13-8-10-25(3)20-29/h5-8,10-13,15-18,20,24,30H,9,14,19,21-23H2,1-4H3,(H,34,38)/t30-/m1/s1. The van der Waals surface area contributed by atoms with Gasteiger partial charge in [-0.1, -0.05) is 68.4 Å². The fraction of sp³-hybridized carbons (Fsp3) is 0.375. The first kappa shape index (κ1) is 31.8. The average molecular weight is 582 g/mol. The van der Waals surface area contributed by atoms with Crippen molar-refractivity contribution in [2.24, 2.45) is 5.92 Å². The molecule has 0 aliphatic heterocycles. The minimum Gasteiger partial charge on any atom is -0.354 e. The van der Waals surface area contributed by atoms with Crippen molar-refractivity contribution >= 4 is 27.5 Å². The van der Waals surface area contributed by atoms with Gasteiger partial charge in [-0.25, -0.2) is 12.8 Å². The lowest BCUT2D eigenvalue weighted by molar-refractivity contribution is -0.141. The van der Waals surface area contributed by atoms with Gasteiger partial charge < -0.3 is 10.2 Å². The number of sulfonamides is 1. The summed E-state index contributed by atoms with van der Waals surface area (Å²) < 4.78 is 40.1. The third-order valence-corrected chi connectivity index (χ3v) is 7.86. The van der Waals surface area contributed by atoms with Crippen molar-refractivity contribution in [3.05, 3.63) is 101 Å².